The quantitative estimate of drug-likeness (QED) is 0.687. The Labute approximate surface area is 123 Å². The van der Waals surface area contributed by atoms with Crippen LogP contribution in [0, 0.1) is 17.0 Å². The Bertz CT molecular complexity index is 741. The number of hydrogen-bond donors (Lipinski definition) is 1. The molecule has 0 unspecified atom stereocenters. The number of benzene rings is 1. The van der Waals surface area contributed by atoms with Crippen LogP contribution in [-0.4, -0.2) is 25.6 Å². The molecule has 0 aliphatic carbocycles. The van der Waals surface area contributed by atoms with E-state index in [9.17, 15) is 14.9 Å². The molecule has 0 saturated carbocycles. The summed E-state index contributed by atoms with van der Waals surface area (Å²) in [5.41, 5.74) is -0.0111. The normalized spacial score (nSPS) is 10.4. The first-order valence-corrected chi connectivity index (χ1v) is 6.07. The molecule has 0 radical (unpaired) electrons. The van der Waals surface area contributed by atoms with Crippen LogP contribution in [0.2, 0.25) is 5.02 Å². The van der Waals surface area contributed by atoms with E-state index in [1.165, 1.54) is 22.8 Å². The van der Waals surface area contributed by atoms with E-state index in [0.717, 1.165) is 0 Å². The van der Waals surface area contributed by atoms with E-state index in [1.54, 1.807) is 14.0 Å². The zero-order chi connectivity index (χ0) is 15.7. The van der Waals surface area contributed by atoms with Gasteiger partial charge in [0.05, 0.1) is 10.6 Å². The molecule has 2 aromatic rings. The van der Waals surface area contributed by atoms with Crippen molar-refractivity contribution in [2.45, 2.75) is 6.92 Å². The highest BCUT2D eigenvalue weighted by Gasteiger charge is 2.26. The van der Waals surface area contributed by atoms with E-state index in [4.69, 9.17) is 21.4 Å². The second kappa shape index (κ2) is 5.41. The molecule has 2 rings (SSSR count). The first-order valence-electron chi connectivity index (χ1n) is 5.69. The predicted molar refractivity (Wildman–Crippen MR) is 73.1 cm³/mol. The lowest BCUT2D eigenvalue weighted by atomic mass is 10.2. The van der Waals surface area contributed by atoms with Crippen LogP contribution in [0.25, 0.3) is 0 Å². The molecule has 1 aromatic heterocycles. The standard InChI is InChI=1S/C12H10ClN3O5/c1-6-14-10(16(19)20)11(15(6)2)21-9-4-3-7(12(17)18)5-8(9)13/h3-5H,1-2H3,(H,17,18). The van der Waals surface area contributed by atoms with Gasteiger partial charge in [-0.1, -0.05) is 11.6 Å². The van der Waals surface area contributed by atoms with E-state index in [2.05, 4.69) is 4.98 Å². The molecule has 9 heteroatoms. The zero-order valence-electron chi connectivity index (χ0n) is 11.0. The largest absolute Gasteiger partial charge is 0.478 e. The van der Waals surface area contributed by atoms with Gasteiger partial charge in [-0.25, -0.2) is 4.79 Å². The molecule has 8 nitrogen and oxygen atoms in total. The topological polar surface area (TPSA) is 107 Å². The summed E-state index contributed by atoms with van der Waals surface area (Å²) in [6.45, 7) is 1.59. The highest BCUT2D eigenvalue weighted by atomic mass is 35.5. The van der Waals surface area contributed by atoms with Crippen LogP contribution < -0.4 is 4.74 Å². The first-order chi connectivity index (χ1) is 9.81. The maximum Gasteiger partial charge on any atom is 0.427 e. The molecule has 0 aliphatic rings. The van der Waals surface area contributed by atoms with Gasteiger partial charge < -0.3 is 20.0 Å². The molecule has 1 aromatic carbocycles. The van der Waals surface area contributed by atoms with Gasteiger partial charge >= 0.3 is 17.7 Å². The molecule has 0 saturated heterocycles. The molecule has 0 atom stereocenters. The summed E-state index contributed by atoms with van der Waals surface area (Å²) in [5, 5.41) is 19.8. The summed E-state index contributed by atoms with van der Waals surface area (Å²) >= 11 is 5.93. The van der Waals surface area contributed by atoms with Gasteiger partial charge in [0.2, 0.25) is 5.82 Å². The number of carboxylic acid groups (broad SMARTS) is 1. The minimum Gasteiger partial charge on any atom is -0.478 e. The predicted octanol–water partition coefficient (Wildman–Crippen LogP) is 2.78. The lowest BCUT2D eigenvalue weighted by molar-refractivity contribution is -0.390. The van der Waals surface area contributed by atoms with Crippen LogP contribution in [-0.2, 0) is 7.05 Å². The molecule has 0 aliphatic heterocycles. The number of aromatic carboxylic acids is 1. The first kappa shape index (κ1) is 14.8. The van der Waals surface area contributed by atoms with Gasteiger partial charge in [0.25, 0.3) is 0 Å². The summed E-state index contributed by atoms with van der Waals surface area (Å²) < 4.78 is 6.82. The van der Waals surface area contributed by atoms with E-state index >= 15 is 0 Å². The molecule has 1 heterocycles. The number of aromatic nitrogens is 2. The third kappa shape index (κ3) is 2.79. The van der Waals surface area contributed by atoms with Gasteiger partial charge in [0.1, 0.15) is 5.75 Å². The van der Waals surface area contributed by atoms with Crippen molar-refractivity contribution in [2.24, 2.45) is 7.05 Å². The Balaban J connectivity index is 2.43. The lowest BCUT2D eigenvalue weighted by Crippen LogP contribution is -2.00. The summed E-state index contributed by atoms with van der Waals surface area (Å²) in [6, 6.07) is 3.82. The van der Waals surface area contributed by atoms with Crippen LogP contribution >= 0.6 is 11.6 Å². The Morgan fingerprint density at radius 1 is 1.52 bits per heavy atom. The third-order valence-electron chi connectivity index (χ3n) is 2.81. The van der Waals surface area contributed by atoms with Crippen molar-refractivity contribution in [3.8, 4) is 11.6 Å². The van der Waals surface area contributed by atoms with Crippen molar-refractivity contribution in [1.29, 1.82) is 0 Å². The molecule has 0 fully saturated rings. The number of carbonyl (C=O) groups is 1. The zero-order valence-corrected chi connectivity index (χ0v) is 11.8. The van der Waals surface area contributed by atoms with Crippen LogP contribution in [0.15, 0.2) is 18.2 Å². The van der Waals surface area contributed by atoms with E-state index < -0.39 is 16.7 Å². The fraction of sp³-hybridized carbons (Fsp3) is 0.167. The minimum atomic E-state index is -1.13. The summed E-state index contributed by atoms with van der Waals surface area (Å²) in [5.74, 6) is -1.15. The van der Waals surface area contributed by atoms with Crippen molar-refractivity contribution in [1.82, 2.24) is 9.55 Å². The second-order valence-corrected chi connectivity index (χ2v) is 4.56. The monoisotopic (exact) mass is 311 g/mol. The van der Waals surface area contributed by atoms with Gasteiger partial charge in [-0.15, -0.1) is 0 Å². The Hall–Kier alpha value is -2.61. The Morgan fingerprint density at radius 3 is 2.71 bits per heavy atom. The van der Waals surface area contributed by atoms with E-state index in [1.807, 2.05) is 0 Å². The van der Waals surface area contributed by atoms with Gasteiger partial charge in [-0.2, -0.15) is 0 Å². The average molecular weight is 312 g/mol. The van der Waals surface area contributed by atoms with Gasteiger partial charge in [-0.05, 0) is 28.1 Å². The SMILES string of the molecule is Cc1nc([N+](=O)[O-])c(Oc2ccc(C(=O)O)cc2Cl)n1C. The van der Waals surface area contributed by atoms with Crippen molar-refractivity contribution in [3.63, 3.8) is 0 Å². The smallest absolute Gasteiger partial charge is 0.427 e. The fourth-order valence-electron chi connectivity index (χ4n) is 1.63. The third-order valence-corrected chi connectivity index (χ3v) is 3.10. The summed E-state index contributed by atoms with van der Waals surface area (Å²) in [4.78, 5) is 24.9. The number of rotatable bonds is 4. The number of nitrogens with zero attached hydrogens (tertiary/aromatic N) is 3. The molecule has 0 amide bonds. The molecule has 0 spiro atoms. The van der Waals surface area contributed by atoms with Crippen molar-refractivity contribution < 1.29 is 19.6 Å². The average Bonchev–Trinajstić information content (AvgIpc) is 2.69. The molecule has 110 valence electrons. The van der Waals surface area contributed by atoms with Crippen LogP contribution in [0.4, 0.5) is 5.82 Å². The number of nitro groups is 1. The molecular weight excluding hydrogens is 302 g/mol. The second-order valence-electron chi connectivity index (χ2n) is 4.16. The van der Waals surface area contributed by atoms with Gasteiger partial charge in [0, 0.05) is 14.0 Å². The fourth-order valence-corrected chi connectivity index (χ4v) is 1.85. The highest BCUT2D eigenvalue weighted by Crippen LogP contribution is 2.35. The number of hydrogen-bond acceptors (Lipinski definition) is 5. The Morgan fingerprint density at radius 2 is 2.19 bits per heavy atom. The van der Waals surface area contributed by atoms with Crippen molar-refractivity contribution in [3.05, 3.63) is 44.7 Å². The Kier molecular flexibility index (Phi) is 3.81. The van der Waals surface area contributed by atoms with E-state index in [0.29, 0.717) is 5.82 Å². The molecule has 0 bridgehead atoms. The van der Waals surface area contributed by atoms with Crippen molar-refractivity contribution >= 4 is 23.4 Å². The number of ether oxygens (including phenoxy) is 1. The van der Waals surface area contributed by atoms with E-state index in [-0.39, 0.29) is 22.2 Å². The maximum atomic E-state index is 10.9. The summed E-state index contributed by atoms with van der Waals surface area (Å²) in [6.07, 6.45) is 0. The number of imidazole rings is 1. The van der Waals surface area contributed by atoms with Crippen LogP contribution in [0.1, 0.15) is 16.2 Å². The summed E-state index contributed by atoms with van der Waals surface area (Å²) in [7, 11) is 1.56. The van der Waals surface area contributed by atoms with Crippen LogP contribution in [0.5, 0.6) is 11.6 Å². The number of halogens is 1. The highest BCUT2D eigenvalue weighted by molar-refractivity contribution is 6.32. The lowest BCUT2D eigenvalue weighted by Gasteiger charge is -2.08. The number of carboxylic acids is 1. The molecular formula is C12H10ClN3O5. The molecule has 21 heavy (non-hydrogen) atoms. The van der Waals surface area contributed by atoms with Gasteiger partial charge in [0.15, 0.2) is 0 Å². The van der Waals surface area contributed by atoms with Crippen molar-refractivity contribution in [2.75, 3.05) is 0 Å². The minimum absolute atomic E-state index is 0.0111. The maximum absolute atomic E-state index is 10.9. The van der Waals surface area contributed by atoms with Crippen LogP contribution in [0.3, 0.4) is 0 Å². The molecule has 1 N–H and O–H groups in total. The van der Waals surface area contributed by atoms with Gasteiger partial charge in [-0.3, -0.25) is 4.57 Å². The number of aryl methyl sites for hydroxylation is 1.